The summed E-state index contributed by atoms with van der Waals surface area (Å²) < 4.78 is 0. The Labute approximate surface area is 90.5 Å². The summed E-state index contributed by atoms with van der Waals surface area (Å²) in [6.45, 7) is 5.45. The quantitative estimate of drug-likeness (QED) is 0.792. The monoisotopic (exact) mass is 206 g/mol. The lowest BCUT2D eigenvalue weighted by atomic mass is 9.99. The minimum atomic E-state index is 0.561. The van der Waals surface area contributed by atoms with Crippen molar-refractivity contribution in [1.29, 1.82) is 0 Å². The van der Waals surface area contributed by atoms with Gasteiger partial charge in [0.2, 0.25) is 0 Å². The highest BCUT2D eigenvalue weighted by Gasteiger charge is 2.16. The van der Waals surface area contributed by atoms with Crippen molar-refractivity contribution in [2.75, 3.05) is 18.8 Å². The Balaban J connectivity index is 1.92. The minimum absolute atomic E-state index is 0.561. The van der Waals surface area contributed by atoms with E-state index in [4.69, 9.17) is 5.73 Å². The van der Waals surface area contributed by atoms with Gasteiger partial charge in [0.25, 0.3) is 0 Å². The highest BCUT2D eigenvalue weighted by atomic mass is 15.2. The van der Waals surface area contributed by atoms with Gasteiger partial charge in [0.1, 0.15) is 11.6 Å². The van der Waals surface area contributed by atoms with E-state index in [9.17, 15) is 0 Å². The maximum Gasteiger partial charge on any atom is 0.144 e. The zero-order valence-electron chi connectivity index (χ0n) is 9.19. The first kappa shape index (κ1) is 10.4. The van der Waals surface area contributed by atoms with E-state index in [2.05, 4.69) is 21.8 Å². The maximum atomic E-state index is 5.62. The summed E-state index contributed by atoms with van der Waals surface area (Å²) in [5.74, 6) is 2.26. The largest absolute Gasteiger partial charge is 0.384 e. The second-order valence-electron chi connectivity index (χ2n) is 4.36. The van der Waals surface area contributed by atoms with E-state index in [0.29, 0.717) is 5.82 Å². The van der Waals surface area contributed by atoms with Crippen LogP contribution in [0.3, 0.4) is 0 Å². The number of nitrogen functional groups attached to an aromatic ring is 1. The third kappa shape index (κ3) is 2.89. The second kappa shape index (κ2) is 4.57. The van der Waals surface area contributed by atoms with Crippen molar-refractivity contribution in [1.82, 2.24) is 14.9 Å². The smallest absolute Gasteiger partial charge is 0.144 e. The third-order valence-electron chi connectivity index (χ3n) is 2.97. The molecule has 82 valence electrons. The maximum absolute atomic E-state index is 5.62. The highest BCUT2D eigenvalue weighted by molar-refractivity contribution is 5.24. The van der Waals surface area contributed by atoms with Gasteiger partial charge >= 0.3 is 0 Å². The fraction of sp³-hybridized carbons (Fsp3) is 0.636. The highest BCUT2D eigenvalue weighted by Crippen LogP contribution is 2.17. The topological polar surface area (TPSA) is 55.0 Å². The Morgan fingerprint density at radius 3 is 2.87 bits per heavy atom. The van der Waals surface area contributed by atoms with Gasteiger partial charge < -0.3 is 5.73 Å². The Morgan fingerprint density at radius 1 is 1.47 bits per heavy atom. The summed E-state index contributed by atoms with van der Waals surface area (Å²) >= 11 is 0. The first-order valence-corrected chi connectivity index (χ1v) is 5.54. The Kier molecular flexibility index (Phi) is 3.16. The molecule has 2 N–H and O–H groups in total. The molecule has 0 aromatic carbocycles. The van der Waals surface area contributed by atoms with Crippen molar-refractivity contribution < 1.29 is 0 Å². The van der Waals surface area contributed by atoms with Crippen LogP contribution in [-0.2, 0) is 6.54 Å². The SMILES string of the molecule is CC1CCN(Cc2nccc(N)n2)CC1. The van der Waals surface area contributed by atoms with Gasteiger partial charge in [-0.15, -0.1) is 0 Å². The molecule has 0 atom stereocenters. The fourth-order valence-electron chi connectivity index (χ4n) is 1.91. The van der Waals surface area contributed by atoms with E-state index >= 15 is 0 Å². The molecule has 2 heterocycles. The van der Waals surface area contributed by atoms with Gasteiger partial charge in [-0.05, 0) is 37.9 Å². The van der Waals surface area contributed by atoms with Gasteiger partial charge in [-0.3, -0.25) is 4.90 Å². The number of hydrogen-bond donors (Lipinski definition) is 1. The zero-order chi connectivity index (χ0) is 10.7. The van der Waals surface area contributed by atoms with Crippen molar-refractivity contribution in [2.45, 2.75) is 26.3 Å². The van der Waals surface area contributed by atoms with Crippen molar-refractivity contribution in [3.63, 3.8) is 0 Å². The number of aromatic nitrogens is 2. The summed E-state index contributed by atoms with van der Waals surface area (Å²) in [4.78, 5) is 10.8. The molecule has 1 saturated heterocycles. The molecule has 1 aromatic heterocycles. The molecule has 2 rings (SSSR count). The molecule has 4 heteroatoms. The molecule has 4 nitrogen and oxygen atoms in total. The number of nitrogens with two attached hydrogens (primary N) is 1. The van der Waals surface area contributed by atoms with Gasteiger partial charge in [-0.25, -0.2) is 9.97 Å². The van der Waals surface area contributed by atoms with Crippen molar-refractivity contribution in [3.8, 4) is 0 Å². The van der Waals surface area contributed by atoms with Gasteiger partial charge in [0, 0.05) is 6.20 Å². The molecule has 0 unspecified atom stereocenters. The summed E-state index contributed by atoms with van der Waals surface area (Å²) in [5.41, 5.74) is 5.62. The number of nitrogens with zero attached hydrogens (tertiary/aromatic N) is 3. The summed E-state index contributed by atoms with van der Waals surface area (Å²) in [7, 11) is 0. The molecular formula is C11H18N4. The summed E-state index contributed by atoms with van der Waals surface area (Å²) in [6.07, 6.45) is 4.29. The van der Waals surface area contributed by atoms with Crippen LogP contribution < -0.4 is 5.73 Å². The first-order valence-electron chi connectivity index (χ1n) is 5.54. The predicted octanol–water partition coefficient (Wildman–Crippen LogP) is 1.29. The minimum Gasteiger partial charge on any atom is -0.384 e. The van der Waals surface area contributed by atoms with Gasteiger partial charge in [-0.1, -0.05) is 6.92 Å². The Morgan fingerprint density at radius 2 is 2.20 bits per heavy atom. The van der Waals surface area contributed by atoms with Crippen LogP contribution in [0.5, 0.6) is 0 Å². The third-order valence-corrected chi connectivity index (χ3v) is 2.97. The van der Waals surface area contributed by atoms with Crippen molar-refractivity contribution in [2.24, 2.45) is 5.92 Å². The van der Waals surface area contributed by atoms with Crippen LogP contribution >= 0.6 is 0 Å². The van der Waals surface area contributed by atoms with Crippen LogP contribution in [0.15, 0.2) is 12.3 Å². The van der Waals surface area contributed by atoms with E-state index in [0.717, 1.165) is 31.4 Å². The van der Waals surface area contributed by atoms with E-state index in [1.165, 1.54) is 12.8 Å². The molecule has 0 spiro atoms. The predicted molar refractivity (Wildman–Crippen MR) is 60.1 cm³/mol. The number of rotatable bonds is 2. The molecule has 0 aliphatic carbocycles. The van der Waals surface area contributed by atoms with Crippen LogP contribution in [0.25, 0.3) is 0 Å². The molecule has 0 saturated carbocycles. The van der Waals surface area contributed by atoms with Gasteiger partial charge in [0.15, 0.2) is 0 Å². The molecule has 1 aliphatic heterocycles. The first-order chi connectivity index (χ1) is 7.24. The number of piperidine rings is 1. The average Bonchev–Trinajstić information content (AvgIpc) is 2.22. The van der Waals surface area contributed by atoms with Gasteiger partial charge in [0.05, 0.1) is 6.54 Å². The Hall–Kier alpha value is -1.16. The van der Waals surface area contributed by atoms with E-state index < -0.39 is 0 Å². The molecule has 15 heavy (non-hydrogen) atoms. The Bertz CT molecular complexity index is 318. The molecule has 0 radical (unpaired) electrons. The van der Waals surface area contributed by atoms with Gasteiger partial charge in [-0.2, -0.15) is 0 Å². The molecule has 0 amide bonds. The van der Waals surface area contributed by atoms with Crippen molar-refractivity contribution >= 4 is 5.82 Å². The number of likely N-dealkylation sites (tertiary alicyclic amines) is 1. The molecule has 1 aromatic rings. The molecule has 1 fully saturated rings. The van der Waals surface area contributed by atoms with Crippen molar-refractivity contribution in [3.05, 3.63) is 18.1 Å². The van der Waals surface area contributed by atoms with E-state index in [-0.39, 0.29) is 0 Å². The average molecular weight is 206 g/mol. The van der Waals surface area contributed by atoms with Crippen LogP contribution in [0.4, 0.5) is 5.82 Å². The van der Waals surface area contributed by atoms with Crippen LogP contribution in [-0.4, -0.2) is 28.0 Å². The lowest BCUT2D eigenvalue weighted by Crippen LogP contribution is -2.32. The van der Waals surface area contributed by atoms with E-state index in [1.807, 2.05) is 0 Å². The van der Waals surface area contributed by atoms with E-state index in [1.54, 1.807) is 12.3 Å². The molecular weight excluding hydrogens is 188 g/mol. The number of anilines is 1. The normalized spacial score (nSPS) is 19.3. The zero-order valence-corrected chi connectivity index (χ0v) is 9.19. The van der Waals surface area contributed by atoms with Crippen LogP contribution in [0.2, 0.25) is 0 Å². The standard InChI is InChI=1S/C11H18N4/c1-9-3-6-15(7-4-9)8-11-13-5-2-10(12)14-11/h2,5,9H,3-4,6-8H2,1H3,(H2,12,13,14). The molecule has 0 bridgehead atoms. The lowest BCUT2D eigenvalue weighted by molar-refractivity contribution is 0.181. The lowest BCUT2D eigenvalue weighted by Gasteiger charge is -2.29. The van der Waals surface area contributed by atoms with Crippen LogP contribution in [0, 0.1) is 5.92 Å². The van der Waals surface area contributed by atoms with Crippen LogP contribution in [0.1, 0.15) is 25.6 Å². The second-order valence-corrected chi connectivity index (χ2v) is 4.36. The fourth-order valence-corrected chi connectivity index (χ4v) is 1.91. The molecule has 1 aliphatic rings. The summed E-state index contributed by atoms with van der Waals surface area (Å²) in [5, 5.41) is 0. The summed E-state index contributed by atoms with van der Waals surface area (Å²) in [6, 6.07) is 1.72. The number of hydrogen-bond acceptors (Lipinski definition) is 4.